The SMILES string of the molecule is CO[C@H]1[C@H](O[C@H]2[C@H](OC[C@@H](C)[C@H](C)/C=C/[C@@H](C)[C@H]3C[C@@H](O)C4[C@]5(O)C[C@H](O)C6[C@@H](O)[C@@H](O)CC[C@]6(C)C5CC[C@@]43C)OC[C@@H](O)[C@@H]2O)OC[C@@H](O)[C@@H]1O. The number of aliphatic hydroxyl groups is 9. The minimum Gasteiger partial charge on any atom is -0.393 e. The van der Waals surface area contributed by atoms with E-state index in [1.54, 1.807) is 0 Å². The molecule has 4 saturated carbocycles. The van der Waals surface area contributed by atoms with Crippen molar-refractivity contribution in [1.82, 2.24) is 0 Å². The third-order valence-electron chi connectivity index (χ3n) is 15.0. The summed E-state index contributed by atoms with van der Waals surface area (Å²) >= 11 is 0. The molecule has 0 spiro atoms. The number of methoxy groups -OCH3 is 1. The van der Waals surface area contributed by atoms with E-state index >= 15 is 0 Å². The molecule has 9 N–H and O–H groups in total. The van der Waals surface area contributed by atoms with Gasteiger partial charge in [0.25, 0.3) is 0 Å². The standard InChI is InChI=1S/C39H66O14/c1-18(20(3)15-50-35-33(31(47)26(44)16-51-35)53-36-32(49-6)30(46)25(43)17-52-36)7-8-19(2)21-13-23(41)34-37(21,4)12-10-27-38(5)11-9-22(40)29(45)28(38)24(42)14-39(27,34)48/h7-8,18-36,40-48H,9-17H2,1-6H3/b8-7+/t18-,19-,20-,21-,22+,23-,24+,25-,26-,27?,28?,29+,30+,31+,32-,33-,34?,35-,36+,37-,38-,39+/m1/s1. The van der Waals surface area contributed by atoms with Crippen molar-refractivity contribution < 1.29 is 69.6 Å². The predicted octanol–water partition coefficient (Wildman–Crippen LogP) is 0.0710. The normalized spacial score (nSPS) is 53.4. The van der Waals surface area contributed by atoms with Crippen molar-refractivity contribution in [3.63, 3.8) is 0 Å². The molecular weight excluding hydrogens is 692 g/mol. The van der Waals surface area contributed by atoms with Crippen LogP contribution >= 0.6 is 0 Å². The number of ether oxygens (including phenoxy) is 5. The Kier molecular flexibility index (Phi) is 12.5. The molecule has 3 unspecified atom stereocenters. The summed E-state index contributed by atoms with van der Waals surface area (Å²) in [7, 11) is 1.34. The van der Waals surface area contributed by atoms with Gasteiger partial charge in [0.05, 0.1) is 49.8 Å². The van der Waals surface area contributed by atoms with Crippen molar-refractivity contribution in [2.45, 2.75) is 152 Å². The maximum absolute atomic E-state index is 12.6. The first kappa shape index (κ1) is 41.8. The molecule has 306 valence electrons. The van der Waals surface area contributed by atoms with Crippen molar-refractivity contribution in [2.24, 2.45) is 52.3 Å². The lowest BCUT2D eigenvalue weighted by molar-refractivity contribution is -0.346. The first-order valence-corrected chi connectivity index (χ1v) is 19.8. The van der Waals surface area contributed by atoms with Crippen LogP contribution in [0.5, 0.6) is 0 Å². The van der Waals surface area contributed by atoms with Crippen LogP contribution in [0.4, 0.5) is 0 Å². The predicted molar refractivity (Wildman–Crippen MR) is 189 cm³/mol. The van der Waals surface area contributed by atoms with Crippen LogP contribution in [0.25, 0.3) is 0 Å². The molecule has 4 aliphatic carbocycles. The van der Waals surface area contributed by atoms with Gasteiger partial charge in [-0.1, -0.05) is 46.8 Å². The molecule has 14 heteroatoms. The minimum atomic E-state index is -1.37. The van der Waals surface area contributed by atoms with Gasteiger partial charge in [-0.05, 0) is 72.5 Å². The van der Waals surface area contributed by atoms with E-state index in [0.29, 0.717) is 19.3 Å². The molecule has 0 amide bonds. The van der Waals surface area contributed by atoms with Gasteiger partial charge in [-0.3, -0.25) is 0 Å². The van der Waals surface area contributed by atoms with E-state index in [1.807, 2.05) is 13.8 Å². The van der Waals surface area contributed by atoms with E-state index < -0.39 is 96.5 Å². The monoisotopic (exact) mass is 758 g/mol. The van der Waals surface area contributed by atoms with Crippen molar-refractivity contribution >= 4 is 0 Å². The molecule has 0 aromatic heterocycles. The average molecular weight is 759 g/mol. The van der Waals surface area contributed by atoms with E-state index in [-0.39, 0.29) is 61.2 Å². The molecule has 0 bridgehead atoms. The molecule has 2 aliphatic heterocycles. The average Bonchev–Trinajstić information content (AvgIpc) is 3.39. The first-order chi connectivity index (χ1) is 24.9. The zero-order valence-corrected chi connectivity index (χ0v) is 32.1. The quantitative estimate of drug-likeness (QED) is 0.135. The molecule has 6 fully saturated rings. The van der Waals surface area contributed by atoms with Gasteiger partial charge >= 0.3 is 0 Å². The highest BCUT2D eigenvalue weighted by Gasteiger charge is 2.71. The third-order valence-corrected chi connectivity index (χ3v) is 15.0. The lowest BCUT2D eigenvalue weighted by atomic mass is 9.41. The number of rotatable bonds is 10. The fourth-order valence-corrected chi connectivity index (χ4v) is 11.9. The molecule has 0 aromatic carbocycles. The van der Waals surface area contributed by atoms with Gasteiger partial charge in [-0.2, -0.15) is 0 Å². The molecule has 22 atom stereocenters. The fraction of sp³-hybridized carbons (Fsp3) is 0.949. The minimum absolute atomic E-state index is 0.00301. The van der Waals surface area contributed by atoms with Crippen LogP contribution in [0.1, 0.15) is 73.1 Å². The molecule has 0 radical (unpaired) electrons. The lowest BCUT2D eigenvalue weighted by Crippen LogP contribution is -2.70. The Morgan fingerprint density at radius 3 is 2.02 bits per heavy atom. The van der Waals surface area contributed by atoms with Crippen LogP contribution < -0.4 is 0 Å². The van der Waals surface area contributed by atoms with Crippen LogP contribution in [0.15, 0.2) is 12.2 Å². The second-order valence-electron chi connectivity index (χ2n) is 18.1. The van der Waals surface area contributed by atoms with Crippen LogP contribution in [-0.4, -0.2) is 152 Å². The van der Waals surface area contributed by atoms with E-state index in [0.717, 1.165) is 12.8 Å². The van der Waals surface area contributed by atoms with E-state index in [4.69, 9.17) is 23.7 Å². The Hall–Kier alpha value is -0.820. The molecule has 0 aromatic rings. The van der Waals surface area contributed by atoms with Gasteiger partial charge in [0.2, 0.25) is 0 Å². The Balaban J connectivity index is 1.08. The maximum Gasteiger partial charge on any atom is 0.187 e. The third kappa shape index (κ3) is 7.30. The second kappa shape index (κ2) is 15.8. The Morgan fingerprint density at radius 1 is 0.736 bits per heavy atom. The van der Waals surface area contributed by atoms with Gasteiger partial charge in [-0.25, -0.2) is 0 Å². The summed E-state index contributed by atoms with van der Waals surface area (Å²) in [4.78, 5) is 0. The van der Waals surface area contributed by atoms with Gasteiger partial charge in [0, 0.05) is 25.4 Å². The molecule has 6 aliphatic rings. The summed E-state index contributed by atoms with van der Waals surface area (Å²) in [5.41, 5.74) is -2.23. The van der Waals surface area contributed by atoms with Crippen molar-refractivity contribution in [2.75, 3.05) is 26.9 Å². The van der Waals surface area contributed by atoms with E-state index in [9.17, 15) is 46.0 Å². The lowest BCUT2D eigenvalue weighted by Gasteiger charge is -2.66. The highest BCUT2D eigenvalue weighted by molar-refractivity contribution is 5.21. The highest BCUT2D eigenvalue weighted by Crippen LogP contribution is 2.69. The number of allylic oxidation sites excluding steroid dienone is 2. The van der Waals surface area contributed by atoms with Gasteiger partial charge < -0.3 is 69.6 Å². The van der Waals surface area contributed by atoms with E-state index in [2.05, 4.69) is 32.9 Å². The van der Waals surface area contributed by atoms with Gasteiger partial charge in [0.15, 0.2) is 12.6 Å². The Morgan fingerprint density at radius 2 is 1.36 bits per heavy atom. The zero-order valence-electron chi connectivity index (χ0n) is 32.1. The summed E-state index contributed by atoms with van der Waals surface area (Å²) < 4.78 is 28.7. The number of aliphatic hydroxyl groups excluding tert-OH is 8. The fourth-order valence-electron chi connectivity index (χ4n) is 11.9. The Bertz CT molecular complexity index is 1270. The maximum atomic E-state index is 12.6. The van der Waals surface area contributed by atoms with Gasteiger partial charge in [0.1, 0.15) is 36.6 Å². The summed E-state index contributed by atoms with van der Waals surface area (Å²) in [6.45, 7) is 10.3. The molecule has 2 saturated heterocycles. The molecule has 14 nitrogen and oxygen atoms in total. The molecule has 6 rings (SSSR count). The summed E-state index contributed by atoms with van der Waals surface area (Å²) in [5, 5.41) is 98.5. The van der Waals surface area contributed by atoms with E-state index in [1.165, 1.54) is 7.11 Å². The molecule has 53 heavy (non-hydrogen) atoms. The first-order valence-electron chi connectivity index (χ1n) is 19.8. The highest BCUT2D eigenvalue weighted by atomic mass is 16.8. The molecule has 2 heterocycles. The topological polar surface area (TPSA) is 228 Å². The summed E-state index contributed by atoms with van der Waals surface area (Å²) in [6.07, 6.45) is -5.63. The van der Waals surface area contributed by atoms with Crippen LogP contribution in [-0.2, 0) is 23.7 Å². The second-order valence-corrected chi connectivity index (χ2v) is 18.1. The zero-order chi connectivity index (χ0) is 38.8. The summed E-state index contributed by atoms with van der Waals surface area (Å²) in [6, 6.07) is 0. The molecular formula is C39H66O14. The summed E-state index contributed by atoms with van der Waals surface area (Å²) in [5.74, 6) is -0.945. The van der Waals surface area contributed by atoms with Crippen LogP contribution in [0, 0.1) is 52.3 Å². The van der Waals surface area contributed by atoms with Crippen molar-refractivity contribution in [1.29, 1.82) is 0 Å². The van der Waals surface area contributed by atoms with Crippen molar-refractivity contribution in [3.05, 3.63) is 12.2 Å². The number of hydrogen-bond acceptors (Lipinski definition) is 14. The van der Waals surface area contributed by atoms with Crippen LogP contribution in [0.2, 0.25) is 0 Å². The smallest absolute Gasteiger partial charge is 0.187 e. The van der Waals surface area contributed by atoms with Crippen molar-refractivity contribution in [3.8, 4) is 0 Å². The van der Waals surface area contributed by atoms with Crippen LogP contribution in [0.3, 0.4) is 0 Å². The number of fused-ring (bicyclic) bond motifs is 5. The Labute approximate surface area is 313 Å². The van der Waals surface area contributed by atoms with Gasteiger partial charge in [-0.15, -0.1) is 0 Å². The largest absolute Gasteiger partial charge is 0.393 e. The number of hydrogen-bond donors (Lipinski definition) is 9.